The zero-order valence-corrected chi connectivity index (χ0v) is 9.32. The van der Waals surface area contributed by atoms with Crippen LogP contribution in [0, 0.1) is 17.5 Å². The lowest BCUT2D eigenvalue weighted by Gasteiger charge is -2.18. The number of nitrogens with zero attached hydrogens (tertiary/aromatic N) is 1. The van der Waals surface area contributed by atoms with Crippen LogP contribution in [0.5, 0.6) is 5.75 Å². The third-order valence-electron chi connectivity index (χ3n) is 1.76. The lowest BCUT2D eigenvalue weighted by molar-refractivity contribution is -0.201. The van der Waals surface area contributed by atoms with E-state index >= 15 is 0 Å². The summed E-state index contributed by atoms with van der Waals surface area (Å²) in [4.78, 5) is 12.4. The van der Waals surface area contributed by atoms with Gasteiger partial charge in [-0.2, -0.15) is 18.2 Å². The van der Waals surface area contributed by atoms with Gasteiger partial charge in [0.2, 0.25) is 17.6 Å². The molecular formula is C9H2ClF6NO2. The highest BCUT2D eigenvalue weighted by Crippen LogP contribution is 2.36. The zero-order valence-electron chi connectivity index (χ0n) is 8.56. The van der Waals surface area contributed by atoms with Crippen LogP contribution in [-0.2, 0) is 4.79 Å². The van der Waals surface area contributed by atoms with Gasteiger partial charge in [-0.3, -0.25) is 0 Å². The maximum absolute atomic E-state index is 13.2. The largest absolute Gasteiger partial charge is 0.444 e. The van der Waals surface area contributed by atoms with Crippen molar-refractivity contribution in [3.8, 4) is 5.75 Å². The number of rotatable bonds is 4. The van der Waals surface area contributed by atoms with Crippen LogP contribution in [0.4, 0.5) is 32.0 Å². The first kappa shape index (κ1) is 15.3. The summed E-state index contributed by atoms with van der Waals surface area (Å²) in [6, 6.07) is 0.0934. The third kappa shape index (κ3) is 3.18. The number of alkyl halides is 4. The molecule has 0 radical (unpaired) electrons. The van der Waals surface area contributed by atoms with E-state index < -0.39 is 40.6 Å². The van der Waals surface area contributed by atoms with Crippen molar-refractivity contribution in [3.63, 3.8) is 0 Å². The van der Waals surface area contributed by atoms with E-state index in [1.165, 1.54) is 0 Å². The topological polar surface area (TPSA) is 38.7 Å². The quantitative estimate of drug-likeness (QED) is 0.280. The Bertz CT molecular complexity index is 544. The van der Waals surface area contributed by atoms with E-state index in [-0.39, 0.29) is 6.07 Å². The van der Waals surface area contributed by atoms with E-state index in [0.29, 0.717) is 0 Å². The fourth-order valence-corrected chi connectivity index (χ4v) is 1.02. The maximum Gasteiger partial charge on any atom is 0.444 e. The monoisotopic (exact) mass is 305 g/mol. The molecule has 0 aliphatic carbocycles. The summed E-state index contributed by atoms with van der Waals surface area (Å²) in [5.41, 5.74) is -4.54. The molecule has 0 heterocycles. The Balaban J connectivity index is 3.31. The molecule has 1 unspecified atom stereocenters. The molecule has 19 heavy (non-hydrogen) atoms. The van der Waals surface area contributed by atoms with Gasteiger partial charge in [-0.05, 0) is 0 Å². The maximum atomic E-state index is 13.2. The zero-order chi connectivity index (χ0) is 14.8. The van der Waals surface area contributed by atoms with Gasteiger partial charge in [0.15, 0.2) is 11.6 Å². The van der Waals surface area contributed by atoms with Crippen LogP contribution in [-0.4, -0.2) is 17.8 Å². The van der Waals surface area contributed by atoms with Gasteiger partial charge < -0.3 is 4.74 Å². The molecule has 0 spiro atoms. The minimum Gasteiger partial charge on any atom is -0.423 e. The number of benzene rings is 1. The molecule has 1 aromatic carbocycles. The van der Waals surface area contributed by atoms with Crippen molar-refractivity contribution in [1.82, 2.24) is 0 Å². The predicted octanol–water partition coefficient (Wildman–Crippen LogP) is 3.58. The van der Waals surface area contributed by atoms with Crippen LogP contribution in [0.1, 0.15) is 0 Å². The summed E-state index contributed by atoms with van der Waals surface area (Å²) in [5.74, 6) is -7.88. The lowest BCUT2D eigenvalue weighted by atomic mass is 10.2. The van der Waals surface area contributed by atoms with Gasteiger partial charge in [-0.1, -0.05) is 11.6 Å². The Morgan fingerprint density at radius 1 is 1.32 bits per heavy atom. The minimum atomic E-state index is -4.79. The highest BCUT2D eigenvalue weighted by molar-refractivity contribution is 6.20. The smallest absolute Gasteiger partial charge is 0.423 e. The van der Waals surface area contributed by atoms with Crippen LogP contribution < -0.4 is 4.74 Å². The van der Waals surface area contributed by atoms with Gasteiger partial charge in [0.05, 0.1) is 0 Å². The van der Waals surface area contributed by atoms with Crippen molar-refractivity contribution >= 4 is 23.4 Å². The highest BCUT2D eigenvalue weighted by atomic mass is 35.5. The van der Waals surface area contributed by atoms with Gasteiger partial charge in [-0.25, -0.2) is 18.0 Å². The van der Waals surface area contributed by atoms with E-state index in [1.54, 1.807) is 0 Å². The average molecular weight is 306 g/mol. The number of isocyanates is 1. The second-order valence-electron chi connectivity index (χ2n) is 3.00. The standard InChI is InChI=1S/C9H2ClF6NO2/c10-8(14)9(15,16)19-7-3(11)1-4(17-2-18)5(12)6(7)13/h1,8H. The van der Waals surface area contributed by atoms with Gasteiger partial charge in [0.1, 0.15) is 5.69 Å². The van der Waals surface area contributed by atoms with Crippen molar-refractivity contribution in [2.24, 2.45) is 4.99 Å². The van der Waals surface area contributed by atoms with Gasteiger partial charge >= 0.3 is 6.11 Å². The summed E-state index contributed by atoms with van der Waals surface area (Å²) in [7, 11) is 0. The molecule has 104 valence electrons. The van der Waals surface area contributed by atoms with E-state index in [1.807, 2.05) is 0 Å². The summed E-state index contributed by atoms with van der Waals surface area (Å²) in [6.45, 7) is 0. The summed E-state index contributed by atoms with van der Waals surface area (Å²) < 4.78 is 80.5. The molecule has 0 saturated heterocycles. The highest BCUT2D eigenvalue weighted by Gasteiger charge is 2.44. The van der Waals surface area contributed by atoms with Crippen molar-refractivity contribution < 1.29 is 35.9 Å². The number of halogens is 7. The second-order valence-corrected chi connectivity index (χ2v) is 3.39. The predicted molar refractivity (Wildman–Crippen MR) is 50.4 cm³/mol. The average Bonchev–Trinajstić information content (AvgIpc) is 2.31. The Morgan fingerprint density at radius 3 is 2.37 bits per heavy atom. The summed E-state index contributed by atoms with van der Waals surface area (Å²) >= 11 is 4.39. The van der Waals surface area contributed by atoms with Crippen molar-refractivity contribution in [1.29, 1.82) is 0 Å². The molecule has 1 rings (SSSR count). The molecule has 3 nitrogen and oxygen atoms in total. The van der Waals surface area contributed by atoms with Crippen molar-refractivity contribution in [2.75, 3.05) is 0 Å². The summed E-state index contributed by atoms with van der Waals surface area (Å²) in [5, 5.41) is 0. The number of hydrogen-bond acceptors (Lipinski definition) is 3. The molecule has 0 saturated carbocycles. The Labute approximate surface area is 106 Å². The molecule has 1 atom stereocenters. The van der Waals surface area contributed by atoms with E-state index in [4.69, 9.17) is 0 Å². The van der Waals surface area contributed by atoms with Crippen LogP contribution in [0.2, 0.25) is 0 Å². The number of aliphatic imine (C=N–C) groups is 1. The molecule has 1 aromatic rings. The van der Waals surface area contributed by atoms with Crippen LogP contribution in [0.25, 0.3) is 0 Å². The Morgan fingerprint density at radius 2 is 1.89 bits per heavy atom. The molecule has 0 aliphatic rings. The van der Waals surface area contributed by atoms with E-state index in [0.717, 1.165) is 6.08 Å². The molecule has 0 aromatic heterocycles. The first-order chi connectivity index (χ1) is 8.70. The summed E-state index contributed by atoms with van der Waals surface area (Å²) in [6.07, 6.45) is -3.99. The lowest BCUT2D eigenvalue weighted by Crippen LogP contribution is -2.33. The SMILES string of the molecule is O=C=Nc1cc(F)c(OC(F)(F)C(F)Cl)c(F)c1F. The normalized spacial score (nSPS) is 12.8. The van der Waals surface area contributed by atoms with Gasteiger partial charge in [0.25, 0.3) is 5.63 Å². The molecule has 0 aliphatic heterocycles. The van der Waals surface area contributed by atoms with E-state index in [9.17, 15) is 31.1 Å². The fraction of sp³-hybridized carbons (Fsp3) is 0.222. The second kappa shape index (κ2) is 5.50. The Hall–Kier alpha value is -1.73. The molecule has 0 amide bonds. The van der Waals surface area contributed by atoms with Gasteiger partial charge in [-0.15, -0.1) is 0 Å². The molecule has 0 N–H and O–H groups in total. The fourth-order valence-electron chi connectivity index (χ4n) is 0.971. The van der Waals surface area contributed by atoms with Crippen LogP contribution in [0.15, 0.2) is 11.1 Å². The first-order valence-electron chi connectivity index (χ1n) is 4.31. The van der Waals surface area contributed by atoms with Gasteiger partial charge in [0, 0.05) is 6.07 Å². The number of ether oxygens (including phenoxy) is 1. The molecule has 0 fully saturated rings. The van der Waals surface area contributed by atoms with Crippen LogP contribution in [0.3, 0.4) is 0 Å². The Kier molecular flexibility index (Phi) is 4.43. The van der Waals surface area contributed by atoms with Crippen molar-refractivity contribution in [2.45, 2.75) is 11.7 Å². The molecule has 0 bridgehead atoms. The van der Waals surface area contributed by atoms with E-state index in [2.05, 4.69) is 21.3 Å². The molecule has 10 heteroatoms. The third-order valence-corrected chi connectivity index (χ3v) is 2.01. The minimum absolute atomic E-state index is 0.0934. The molecular weight excluding hydrogens is 304 g/mol. The van der Waals surface area contributed by atoms with Crippen LogP contribution >= 0.6 is 11.6 Å². The van der Waals surface area contributed by atoms with Crippen molar-refractivity contribution in [3.05, 3.63) is 23.5 Å². The number of hydrogen-bond donors (Lipinski definition) is 0. The number of carbonyl (C=O) groups excluding carboxylic acids is 1. The first-order valence-corrected chi connectivity index (χ1v) is 4.74.